The minimum absolute atomic E-state index is 0.0365. The van der Waals surface area contributed by atoms with Crippen molar-refractivity contribution in [3.63, 3.8) is 0 Å². The molecule has 6 nitrogen and oxygen atoms in total. The maximum atomic E-state index is 12.3. The van der Waals surface area contributed by atoms with Crippen molar-refractivity contribution in [2.75, 3.05) is 45.5 Å². The van der Waals surface area contributed by atoms with Crippen LogP contribution in [0.25, 0.3) is 0 Å². The number of carbonyl (C=O) groups excluding carboxylic acids is 1. The molecule has 1 unspecified atom stereocenters. The van der Waals surface area contributed by atoms with E-state index >= 15 is 0 Å². The maximum absolute atomic E-state index is 12.3. The van der Waals surface area contributed by atoms with Gasteiger partial charge in [0.05, 0.1) is 6.26 Å². The molecular weight excluding hydrogens is 326 g/mol. The number of nitrogens with zero attached hydrogens (tertiary/aromatic N) is 3. The Balaban J connectivity index is 1.94. The standard InChI is InChI=1S/C17H33N3O3S/c1-15(2)17(21)19-12-6-8-16(14-19)20(24(3,22)23)13-7-11-18-9-4-5-10-18/h15-16H,4-14H2,1-3H3. The quantitative estimate of drug-likeness (QED) is 0.689. The lowest BCUT2D eigenvalue weighted by atomic mass is 10.0. The average Bonchev–Trinajstić information content (AvgIpc) is 3.03. The molecule has 0 bridgehead atoms. The van der Waals surface area contributed by atoms with E-state index in [0.29, 0.717) is 13.1 Å². The summed E-state index contributed by atoms with van der Waals surface area (Å²) in [7, 11) is -3.25. The molecule has 0 aliphatic carbocycles. The smallest absolute Gasteiger partial charge is 0.225 e. The number of hydrogen-bond donors (Lipinski definition) is 0. The fourth-order valence-corrected chi connectivity index (χ4v) is 5.01. The Kier molecular flexibility index (Phi) is 7.07. The van der Waals surface area contributed by atoms with Crippen LogP contribution in [0.1, 0.15) is 46.0 Å². The molecule has 2 rings (SSSR count). The molecule has 0 saturated carbocycles. The normalized spacial score (nSPS) is 23.4. The van der Waals surface area contributed by atoms with Crippen LogP contribution in [0.2, 0.25) is 0 Å². The molecule has 1 amide bonds. The first-order valence-electron chi connectivity index (χ1n) is 9.27. The van der Waals surface area contributed by atoms with E-state index in [1.54, 1.807) is 4.31 Å². The van der Waals surface area contributed by atoms with Gasteiger partial charge in [0, 0.05) is 31.6 Å². The van der Waals surface area contributed by atoms with Gasteiger partial charge in [-0.3, -0.25) is 4.79 Å². The molecule has 2 fully saturated rings. The molecule has 0 radical (unpaired) electrons. The summed E-state index contributed by atoms with van der Waals surface area (Å²) in [4.78, 5) is 16.5. The highest BCUT2D eigenvalue weighted by Crippen LogP contribution is 2.20. The predicted molar refractivity (Wildman–Crippen MR) is 96.3 cm³/mol. The molecule has 2 aliphatic heterocycles. The third kappa shape index (κ3) is 5.43. The van der Waals surface area contributed by atoms with Crippen molar-refractivity contribution in [3.05, 3.63) is 0 Å². The van der Waals surface area contributed by atoms with Crippen LogP contribution >= 0.6 is 0 Å². The highest BCUT2D eigenvalue weighted by Gasteiger charge is 2.32. The monoisotopic (exact) mass is 359 g/mol. The second kappa shape index (κ2) is 8.63. The summed E-state index contributed by atoms with van der Waals surface area (Å²) >= 11 is 0. The van der Waals surface area contributed by atoms with E-state index in [1.807, 2.05) is 18.7 Å². The number of hydrogen-bond acceptors (Lipinski definition) is 4. The lowest BCUT2D eigenvalue weighted by molar-refractivity contribution is -0.136. The topological polar surface area (TPSA) is 60.9 Å². The zero-order valence-electron chi connectivity index (χ0n) is 15.4. The summed E-state index contributed by atoms with van der Waals surface area (Å²) in [5.74, 6) is 0.0934. The van der Waals surface area contributed by atoms with Crippen LogP contribution in [-0.4, -0.2) is 80.0 Å². The number of likely N-dealkylation sites (tertiary alicyclic amines) is 2. The van der Waals surface area contributed by atoms with Crippen LogP contribution in [0.5, 0.6) is 0 Å². The van der Waals surface area contributed by atoms with Crippen molar-refractivity contribution in [3.8, 4) is 0 Å². The number of piperidine rings is 1. The highest BCUT2D eigenvalue weighted by molar-refractivity contribution is 7.88. The number of amides is 1. The van der Waals surface area contributed by atoms with Crippen LogP contribution < -0.4 is 0 Å². The molecular formula is C17H33N3O3S. The minimum atomic E-state index is -3.25. The van der Waals surface area contributed by atoms with Crippen LogP contribution in [0.15, 0.2) is 0 Å². The van der Waals surface area contributed by atoms with Gasteiger partial charge in [-0.2, -0.15) is 4.31 Å². The van der Waals surface area contributed by atoms with Gasteiger partial charge in [0.2, 0.25) is 15.9 Å². The Bertz CT molecular complexity index is 515. The summed E-state index contributed by atoms with van der Waals surface area (Å²) in [6, 6.07) is -0.0740. The molecule has 2 heterocycles. The summed E-state index contributed by atoms with van der Waals surface area (Å²) in [5.41, 5.74) is 0. The first-order valence-corrected chi connectivity index (χ1v) is 11.1. The third-order valence-electron chi connectivity index (χ3n) is 5.09. The van der Waals surface area contributed by atoms with Crippen LogP contribution in [0.3, 0.4) is 0 Å². The molecule has 0 aromatic rings. The van der Waals surface area contributed by atoms with Crippen molar-refractivity contribution in [1.29, 1.82) is 0 Å². The van der Waals surface area contributed by atoms with Gasteiger partial charge >= 0.3 is 0 Å². The molecule has 2 saturated heterocycles. The molecule has 0 aromatic heterocycles. The lowest BCUT2D eigenvalue weighted by Crippen LogP contribution is -2.52. The molecule has 24 heavy (non-hydrogen) atoms. The maximum Gasteiger partial charge on any atom is 0.225 e. The Morgan fingerprint density at radius 1 is 1.17 bits per heavy atom. The highest BCUT2D eigenvalue weighted by atomic mass is 32.2. The van der Waals surface area contributed by atoms with Gasteiger partial charge in [-0.05, 0) is 51.7 Å². The molecule has 0 aromatic carbocycles. The molecule has 7 heteroatoms. The van der Waals surface area contributed by atoms with Crippen molar-refractivity contribution in [2.45, 2.75) is 52.0 Å². The zero-order valence-corrected chi connectivity index (χ0v) is 16.2. The molecule has 0 spiro atoms. The van der Waals surface area contributed by atoms with Gasteiger partial charge in [-0.15, -0.1) is 0 Å². The van der Waals surface area contributed by atoms with E-state index in [1.165, 1.54) is 19.1 Å². The van der Waals surface area contributed by atoms with Crippen molar-refractivity contribution < 1.29 is 13.2 Å². The van der Waals surface area contributed by atoms with E-state index in [-0.39, 0.29) is 17.9 Å². The Labute approximate surface area is 147 Å². The minimum Gasteiger partial charge on any atom is -0.341 e. The van der Waals surface area contributed by atoms with Crippen LogP contribution in [-0.2, 0) is 14.8 Å². The van der Waals surface area contributed by atoms with Crippen LogP contribution in [0, 0.1) is 5.92 Å². The van der Waals surface area contributed by atoms with Gasteiger partial charge in [0.15, 0.2) is 0 Å². The molecule has 2 aliphatic rings. The fraction of sp³-hybridized carbons (Fsp3) is 0.941. The Morgan fingerprint density at radius 2 is 1.83 bits per heavy atom. The van der Waals surface area contributed by atoms with Gasteiger partial charge in [0.25, 0.3) is 0 Å². The Morgan fingerprint density at radius 3 is 2.42 bits per heavy atom. The fourth-order valence-electron chi connectivity index (χ4n) is 3.83. The van der Waals surface area contributed by atoms with Crippen LogP contribution in [0.4, 0.5) is 0 Å². The lowest BCUT2D eigenvalue weighted by Gasteiger charge is -2.39. The third-order valence-corrected chi connectivity index (χ3v) is 6.42. The zero-order chi connectivity index (χ0) is 17.7. The summed E-state index contributed by atoms with van der Waals surface area (Å²) in [6.07, 6.45) is 6.39. The van der Waals surface area contributed by atoms with E-state index in [9.17, 15) is 13.2 Å². The van der Waals surface area contributed by atoms with Gasteiger partial charge in [-0.25, -0.2) is 8.42 Å². The largest absolute Gasteiger partial charge is 0.341 e. The van der Waals surface area contributed by atoms with Crippen molar-refractivity contribution >= 4 is 15.9 Å². The summed E-state index contributed by atoms with van der Waals surface area (Å²) in [6.45, 7) is 8.88. The summed E-state index contributed by atoms with van der Waals surface area (Å²) < 4.78 is 26.2. The van der Waals surface area contributed by atoms with E-state index in [4.69, 9.17) is 0 Å². The van der Waals surface area contributed by atoms with E-state index < -0.39 is 10.0 Å². The number of rotatable bonds is 7. The molecule has 0 N–H and O–H groups in total. The van der Waals surface area contributed by atoms with E-state index in [2.05, 4.69) is 4.90 Å². The van der Waals surface area contributed by atoms with E-state index in [0.717, 1.165) is 45.4 Å². The van der Waals surface area contributed by atoms with Crippen molar-refractivity contribution in [2.24, 2.45) is 5.92 Å². The SMILES string of the molecule is CC(C)C(=O)N1CCCC(N(CCCN2CCCC2)S(C)(=O)=O)C1. The molecule has 1 atom stereocenters. The first kappa shape index (κ1) is 19.7. The predicted octanol–water partition coefficient (Wildman–Crippen LogP) is 1.38. The van der Waals surface area contributed by atoms with Gasteiger partial charge in [0.1, 0.15) is 0 Å². The summed E-state index contributed by atoms with van der Waals surface area (Å²) in [5, 5.41) is 0. The van der Waals surface area contributed by atoms with Gasteiger partial charge < -0.3 is 9.80 Å². The average molecular weight is 360 g/mol. The molecule has 140 valence electrons. The Hall–Kier alpha value is -0.660. The second-order valence-corrected chi connectivity index (χ2v) is 9.45. The first-order chi connectivity index (χ1) is 11.3. The number of carbonyl (C=O) groups is 1. The second-order valence-electron chi connectivity index (χ2n) is 7.51. The number of sulfonamides is 1. The van der Waals surface area contributed by atoms with Crippen molar-refractivity contribution in [1.82, 2.24) is 14.1 Å². The van der Waals surface area contributed by atoms with Gasteiger partial charge in [-0.1, -0.05) is 13.8 Å².